The Morgan fingerprint density at radius 1 is 1.07 bits per heavy atom. The predicted molar refractivity (Wildman–Crippen MR) is 116 cm³/mol. The van der Waals surface area contributed by atoms with Gasteiger partial charge in [-0.05, 0) is 61.1 Å². The van der Waals surface area contributed by atoms with Gasteiger partial charge in [-0.25, -0.2) is 0 Å². The molecule has 1 heterocycles. The predicted octanol–water partition coefficient (Wildman–Crippen LogP) is 5.34. The van der Waals surface area contributed by atoms with Gasteiger partial charge in [0.1, 0.15) is 5.92 Å². The van der Waals surface area contributed by atoms with E-state index >= 15 is 0 Å². The zero-order valence-corrected chi connectivity index (χ0v) is 16.6. The molecule has 4 rings (SSSR count). The van der Waals surface area contributed by atoms with Crippen molar-refractivity contribution in [3.63, 3.8) is 0 Å². The maximum atomic E-state index is 13.0. The van der Waals surface area contributed by atoms with Crippen LogP contribution in [0.3, 0.4) is 0 Å². The molecule has 0 fully saturated rings. The normalized spacial score (nSPS) is 15.0. The number of hydrogen-bond donors (Lipinski definition) is 1. The highest BCUT2D eigenvalue weighted by molar-refractivity contribution is 5.87. The first-order valence-corrected chi connectivity index (χ1v) is 10.3. The van der Waals surface area contributed by atoms with Gasteiger partial charge in [0.2, 0.25) is 0 Å². The number of aromatic amines is 1. The first-order valence-electron chi connectivity index (χ1n) is 10.3. The van der Waals surface area contributed by atoms with Gasteiger partial charge in [-0.15, -0.1) is 0 Å². The van der Waals surface area contributed by atoms with Gasteiger partial charge in [0.25, 0.3) is 5.56 Å². The molecule has 0 radical (unpaired) electrons. The summed E-state index contributed by atoms with van der Waals surface area (Å²) in [6.45, 7) is 2.09. The van der Waals surface area contributed by atoms with E-state index in [9.17, 15) is 9.59 Å². The van der Waals surface area contributed by atoms with E-state index < -0.39 is 5.92 Å². The molecule has 1 aliphatic rings. The first-order chi connectivity index (χ1) is 14.2. The van der Waals surface area contributed by atoms with Gasteiger partial charge in [-0.2, -0.15) is 0 Å². The molecular formula is C25H25NO3. The average Bonchev–Trinajstić information content (AvgIpc) is 2.76. The lowest BCUT2D eigenvalue weighted by Gasteiger charge is -2.22. The summed E-state index contributed by atoms with van der Waals surface area (Å²) in [6.07, 6.45) is 6.03. The molecule has 2 aromatic carbocycles. The number of nitrogens with one attached hydrogen (secondary N) is 1. The first kappa shape index (κ1) is 19.2. The summed E-state index contributed by atoms with van der Waals surface area (Å²) in [5.41, 5.74) is 2.90. The van der Waals surface area contributed by atoms with Crippen LogP contribution in [0.25, 0.3) is 22.0 Å². The van der Waals surface area contributed by atoms with E-state index in [1.165, 1.54) is 0 Å². The highest BCUT2D eigenvalue weighted by atomic mass is 16.5. The summed E-state index contributed by atoms with van der Waals surface area (Å²) >= 11 is 0. The number of allylic oxidation sites excluding steroid dienone is 1. The van der Waals surface area contributed by atoms with E-state index in [-0.39, 0.29) is 11.5 Å². The standard InChI is InChI=1S/C25H25NO3/c1-2-29-25(28)23(18-9-4-3-5-10-18)21-14-15-22(26-24(21)27)20-13-12-17-8-6-7-11-19(17)16-20/h6-9,11-16,23H,2-5,10H2,1H3,(H,26,27). The fourth-order valence-electron chi connectivity index (χ4n) is 4.07. The minimum absolute atomic E-state index is 0.236. The number of rotatable bonds is 5. The number of pyridine rings is 1. The lowest BCUT2D eigenvalue weighted by Crippen LogP contribution is -2.26. The molecule has 0 amide bonds. The molecule has 1 atom stereocenters. The van der Waals surface area contributed by atoms with E-state index in [1.807, 2.05) is 30.3 Å². The lowest BCUT2D eigenvalue weighted by molar-refractivity contribution is -0.144. The highest BCUT2D eigenvalue weighted by Crippen LogP contribution is 2.32. The molecule has 0 saturated heterocycles. The summed E-state index contributed by atoms with van der Waals surface area (Å²) < 4.78 is 5.30. The number of hydrogen-bond acceptors (Lipinski definition) is 3. The maximum Gasteiger partial charge on any atom is 0.317 e. The third-order valence-electron chi connectivity index (χ3n) is 5.53. The molecule has 148 valence electrons. The Morgan fingerprint density at radius 3 is 2.62 bits per heavy atom. The molecule has 0 saturated carbocycles. The fraction of sp³-hybridized carbons (Fsp3) is 0.280. The summed E-state index contributed by atoms with van der Waals surface area (Å²) in [7, 11) is 0. The molecule has 0 aliphatic heterocycles. The number of ether oxygens (including phenoxy) is 1. The molecular weight excluding hydrogens is 362 g/mol. The molecule has 1 N–H and O–H groups in total. The van der Waals surface area contributed by atoms with Crippen LogP contribution in [-0.4, -0.2) is 17.6 Å². The van der Waals surface area contributed by atoms with Crippen molar-refractivity contribution < 1.29 is 9.53 Å². The van der Waals surface area contributed by atoms with Crippen molar-refractivity contribution in [1.82, 2.24) is 4.98 Å². The number of benzene rings is 2. The Balaban J connectivity index is 1.73. The smallest absolute Gasteiger partial charge is 0.317 e. The van der Waals surface area contributed by atoms with Gasteiger partial charge in [0.05, 0.1) is 6.61 Å². The van der Waals surface area contributed by atoms with Crippen molar-refractivity contribution in [1.29, 1.82) is 0 Å². The zero-order chi connectivity index (χ0) is 20.2. The van der Waals surface area contributed by atoms with Crippen LogP contribution in [0.15, 0.2) is 71.0 Å². The molecule has 3 aromatic rings. The Hall–Kier alpha value is -3.14. The molecule has 1 unspecified atom stereocenters. The zero-order valence-electron chi connectivity index (χ0n) is 16.6. The van der Waals surface area contributed by atoms with Crippen LogP contribution in [-0.2, 0) is 9.53 Å². The van der Waals surface area contributed by atoms with Crippen molar-refractivity contribution in [2.45, 2.75) is 38.5 Å². The molecule has 4 heteroatoms. The van der Waals surface area contributed by atoms with Gasteiger partial charge in [-0.3, -0.25) is 9.59 Å². The number of carbonyl (C=O) groups excluding carboxylic acids is 1. The SMILES string of the molecule is CCOC(=O)C(C1=CCCCC1)c1ccc(-c2ccc3ccccc3c2)[nH]c1=O. The van der Waals surface area contributed by atoms with E-state index in [0.717, 1.165) is 53.3 Å². The third kappa shape index (κ3) is 4.02. The van der Waals surface area contributed by atoms with Gasteiger partial charge in [-0.1, -0.05) is 54.1 Å². The van der Waals surface area contributed by atoms with Gasteiger partial charge in [0.15, 0.2) is 0 Å². The van der Waals surface area contributed by atoms with Crippen LogP contribution in [0, 0.1) is 0 Å². The number of fused-ring (bicyclic) bond motifs is 1. The molecule has 1 aromatic heterocycles. The number of H-pyrrole nitrogens is 1. The van der Waals surface area contributed by atoms with Crippen molar-refractivity contribution in [3.05, 3.63) is 82.2 Å². The Labute approximate surface area is 170 Å². The topological polar surface area (TPSA) is 59.2 Å². The maximum absolute atomic E-state index is 13.0. The largest absolute Gasteiger partial charge is 0.465 e. The monoisotopic (exact) mass is 387 g/mol. The number of esters is 1. The summed E-state index contributed by atoms with van der Waals surface area (Å²) in [5, 5.41) is 2.27. The third-order valence-corrected chi connectivity index (χ3v) is 5.53. The van der Waals surface area contributed by atoms with Crippen LogP contribution < -0.4 is 5.56 Å². The lowest BCUT2D eigenvalue weighted by atomic mass is 9.85. The minimum atomic E-state index is -0.621. The average molecular weight is 387 g/mol. The van der Waals surface area contributed by atoms with Crippen LogP contribution in [0.2, 0.25) is 0 Å². The van der Waals surface area contributed by atoms with Crippen LogP contribution in [0.4, 0.5) is 0 Å². The summed E-state index contributed by atoms with van der Waals surface area (Å²) in [6, 6.07) is 17.9. The second-order valence-corrected chi connectivity index (χ2v) is 7.43. The Morgan fingerprint density at radius 2 is 1.90 bits per heavy atom. The van der Waals surface area contributed by atoms with Crippen molar-refractivity contribution in [3.8, 4) is 11.3 Å². The van der Waals surface area contributed by atoms with E-state index in [4.69, 9.17) is 4.74 Å². The molecule has 0 spiro atoms. The van der Waals surface area contributed by atoms with Crippen molar-refractivity contribution in [2.24, 2.45) is 0 Å². The molecule has 4 nitrogen and oxygen atoms in total. The van der Waals surface area contributed by atoms with E-state index in [0.29, 0.717) is 12.2 Å². The van der Waals surface area contributed by atoms with Crippen LogP contribution in [0.1, 0.15) is 44.1 Å². The van der Waals surface area contributed by atoms with Gasteiger partial charge < -0.3 is 9.72 Å². The van der Waals surface area contributed by atoms with Gasteiger partial charge >= 0.3 is 5.97 Å². The molecule has 0 bridgehead atoms. The van der Waals surface area contributed by atoms with E-state index in [1.54, 1.807) is 13.0 Å². The van der Waals surface area contributed by atoms with Crippen LogP contribution >= 0.6 is 0 Å². The molecule has 29 heavy (non-hydrogen) atoms. The molecule has 1 aliphatic carbocycles. The Kier molecular flexibility index (Phi) is 5.61. The second kappa shape index (κ2) is 8.48. The fourth-order valence-corrected chi connectivity index (χ4v) is 4.07. The van der Waals surface area contributed by atoms with Crippen LogP contribution in [0.5, 0.6) is 0 Å². The van der Waals surface area contributed by atoms with Crippen molar-refractivity contribution in [2.75, 3.05) is 6.61 Å². The number of carbonyl (C=O) groups is 1. The van der Waals surface area contributed by atoms with E-state index in [2.05, 4.69) is 29.3 Å². The quantitative estimate of drug-likeness (QED) is 0.475. The summed E-state index contributed by atoms with van der Waals surface area (Å²) in [4.78, 5) is 28.6. The van der Waals surface area contributed by atoms with Crippen molar-refractivity contribution >= 4 is 16.7 Å². The minimum Gasteiger partial charge on any atom is -0.465 e. The second-order valence-electron chi connectivity index (χ2n) is 7.43. The highest BCUT2D eigenvalue weighted by Gasteiger charge is 2.29. The summed E-state index contributed by atoms with van der Waals surface area (Å²) in [5.74, 6) is -0.964. The Bertz CT molecular complexity index is 1130. The number of aromatic nitrogens is 1. The van der Waals surface area contributed by atoms with Gasteiger partial charge in [0, 0.05) is 11.3 Å².